The van der Waals surface area contributed by atoms with Crippen LogP contribution in [0, 0.1) is 0 Å². The number of rotatable bonds is 7. The molecule has 3 rings (SSSR count). The third-order valence-corrected chi connectivity index (χ3v) is 5.67. The Bertz CT molecular complexity index is 760. The minimum Gasteiger partial charge on any atom is -0.508 e. The highest BCUT2D eigenvalue weighted by molar-refractivity contribution is 5.64. The van der Waals surface area contributed by atoms with Crippen molar-refractivity contribution >= 4 is 6.09 Å². The third kappa shape index (κ3) is 4.02. The molecule has 5 nitrogen and oxygen atoms in total. The van der Waals surface area contributed by atoms with Gasteiger partial charge in [0.15, 0.2) is 0 Å². The van der Waals surface area contributed by atoms with E-state index in [1.54, 1.807) is 12.1 Å². The normalized spacial score (nSPS) is 19.2. The van der Waals surface area contributed by atoms with Crippen molar-refractivity contribution in [3.8, 4) is 11.5 Å². The summed E-state index contributed by atoms with van der Waals surface area (Å²) in [4.78, 5) is 10.7. The summed E-state index contributed by atoms with van der Waals surface area (Å²) in [7, 11) is 0. The number of amides is 1. The molecule has 0 unspecified atom stereocenters. The van der Waals surface area contributed by atoms with Gasteiger partial charge in [-0.15, -0.1) is 0 Å². The van der Waals surface area contributed by atoms with Gasteiger partial charge in [-0.05, 0) is 48.2 Å². The Kier molecular flexibility index (Phi) is 5.59. The summed E-state index contributed by atoms with van der Waals surface area (Å²) in [6.45, 7) is 4.38. The highest BCUT2D eigenvalue weighted by atomic mass is 16.6. The molecule has 2 aromatic rings. The first-order valence-corrected chi connectivity index (χ1v) is 9.49. The predicted octanol–water partition coefficient (Wildman–Crippen LogP) is 4.50. The lowest BCUT2D eigenvalue weighted by molar-refractivity contribution is -0.0197. The molecule has 0 radical (unpaired) electrons. The third-order valence-electron chi connectivity index (χ3n) is 5.67. The lowest BCUT2D eigenvalue weighted by atomic mass is 9.70. The van der Waals surface area contributed by atoms with Gasteiger partial charge in [-0.1, -0.05) is 38.1 Å². The Morgan fingerprint density at radius 2 is 1.52 bits per heavy atom. The molecular weight excluding hydrogens is 342 g/mol. The molecule has 0 saturated heterocycles. The minimum atomic E-state index is -0.729. The molecular formula is C22H27NO4. The standard InChI is InChI=1S/C22H27NO4/c1-3-22(4-2,15-5-9-17(24)10-6-15)16-7-11-18(12-8-16)26-19-13-20(14-19)27-21(23)25/h5-12,19-20,24H,3-4,13-14H2,1-2H3,(H2,23,25)/t19-,20+. The summed E-state index contributed by atoms with van der Waals surface area (Å²) in [5.74, 6) is 1.09. The average molecular weight is 369 g/mol. The van der Waals surface area contributed by atoms with Crippen molar-refractivity contribution in [2.45, 2.75) is 57.2 Å². The Labute approximate surface area is 160 Å². The first-order valence-electron chi connectivity index (χ1n) is 9.49. The van der Waals surface area contributed by atoms with Crippen molar-refractivity contribution in [1.82, 2.24) is 0 Å². The van der Waals surface area contributed by atoms with Crippen LogP contribution >= 0.6 is 0 Å². The van der Waals surface area contributed by atoms with E-state index in [0.29, 0.717) is 12.8 Å². The highest BCUT2D eigenvalue weighted by Crippen LogP contribution is 2.40. The van der Waals surface area contributed by atoms with Crippen LogP contribution in [0.15, 0.2) is 48.5 Å². The van der Waals surface area contributed by atoms with Gasteiger partial charge in [0.2, 0.25) is 0 Å². The number of hydrogen-bond donors (Lipinski definition) is 2. The van der Waals surface area contributed by atoms with E-state index in [2.05, 4.69) is 26.0 Å². The molecule has 2 aromatic carbocycles. The van der Waals surface area contributed by atoms with Gasteiger partial charge in [0, 0.05) is 18.3 Å². The number of phenols is 1. The number of ether oxygens (including phenoxy) is 2. The van der Waals surface area contributed by atoms with Crippen LogP contribution < -0.4 is 10.5 Å². The number of aromatic hydroxyl groups is 1. The van der Waals surface area contributed by atoms with Gasteiger partial charge >= 0.3 is 6.09 Å². The molecule has 1 fully saturated rings. The molecule has 0 heterocycles. The molecule has 0 aliphatic heterocycles. The van der Waals surface area contributed by atoms with Crippen LogP contribution in [0.3, 0.4) is 0 Å². The Hall–Kier alpha value is -2.69. The smallest absolute Gasteiger partial charge is 0.404 e. The predicted molar refractivity (Wildman–Crippen MR) is 104 cm³/mol. The molecule has 1 aliphatic rings. The van der Waals surface area contributed by atoms with Gasteiger partial charge in [0.1, 0.15) is 23.7 Å². The molecule has 1 saturated carbocycles. The molecule has 3 N–H and O–H groups in total. The van der Waals surface area contributed by atoms with Crippen LogP contribution in [0.5, 0.6) is 11.5 Å². The quantitative estimate of drug-likeness (QED) is 0.753. The molecule has 0 bridgehead atoms. The van der Waals surface area contributed by atoms with Crippen LogP contribution in [0.1, 0.15) is 50.7 Å². The van der Waals surface area contributed by atoms with Crippen molar-refractivity contribution in [3.63, 3.8) is 0 Å². The van der Waals surface area contributed by atoms with Gasteiger partial charge < -0.3 is 20.3 Å². The number of carbonyl (C=O) groups is 1. The number of hydrogen-bond acceptors (Lipinski definition) is 4. The van der Waals surface area contributed by atoms with Crippen molar-refractivity contribution in [3.05, 3.63) is 59.7 Å². The summed E-state index contributed by atoms with van der Waals surface area (Å²) >= 11 is 0. The van der Waals surface area contributed by atoms with Crippen molar-refractivity contribution in [1.29, 1.82) is 0 Å². The second-order valence-corrected chi connectivity index (χ2v) is 7.13. The first-order chi connectivity index (χ1) is 13.0. The summed E-state index contributed by atoms with van der Waals surface area (Å²) < 4.78 is 10.9. The zero-order valence-electron chi connectivity index (χ0n) is 15.9. The van der Waals surface area contributed by atoms with E-state index in [4.69, 9.17) is 15.2 Å². The lowest BCUT2D eigenvalue weighted by Gasteiger charge is -2.35. The van der Waals surface area contributed by atoms with Gasteiger partial charge in [-0.3, -0.25) is 0 Å². The molecule has 1 aliphatic carbocycles. The minimum absolute atomic E-state index is 0.0550. The van der Waals surface area contributed by atoms with Crippen LogP contribution in [-0.4, -0.2) is 23.4 Å². The second kappa shape index (κ2) is 7.91. The van der Waals surface area contributed by atoms with E-state index >= 15 is 0 Å². The number of phenolic OH excluding ortho intramolecular Hbond substituents is 1. The SMILES string of the molecule is CCC(CC)(c1ccc(O)cc1)c1ccc(O[C@H]2C[C@@H](OC(N)=O)C2)cc1. The summed E-state index contributed by atoms with van der Waals surface area (Å²) in [5.41, 5.74) is 7.36. The number of benzene rings is 2. The molecule has 0 spiro atoms. The van der Waals surface area contributed by atoms with Gasteiger partial charge in [-0.25, -0.2) is 4.79 Å². The Morgan fingerprint density at radius 1 is 1.00 bits per heavy atom. The van der Waals surface area contributed by atoms with E-state index < -0.39 is 6.09 Å². The Morgan fingerprint density at radius 3 is 2.00 bits per heavy atom. The summed E-state index contributed by atoms with van der Waals surface area (Å²) in [6.07, 6.45) is 2.46. The fraction of sp³-hybridized carbons (Fsp3) is 0.409. The second-order valence-electron chi connectivity index (χ2n) is 7.13. The number of nitrogens with two attached hydrogens (primary N) is 1. The van der Waals surface area contributed by atoms with Gasteiger partial charge in [0.25, 0.3) is 0 Å². The molecule has 1 amide bonds. The van der Waals surface area contributed by atoms with E-state index in [0.717, 1.165) is 18.6 Å². The fourth-order valence-electron chi connectivity index (χ4n) is 3.93. The largest absolute Gasteiger partial charge is 0.508 e. The van der Waals surface area contributed by atoms with Crippen molar-refractivity contribution in [2.24, 2.45) is 5.73 Å². The van der Waals surface area contributed by atoms with Gasteiger partial charge in [-0.2, -0.15) is 0 Å². The van der Waals surface area contributed by atoms with E-state index in [9.17, 15) is 9.90 Å². The molecule has 144 valence electrons. The van der Waals surface area contributed by atoms with Crippen molar-refractivity contribution < 1.29 is 19.4 Å². The summed E-state index contributed by atoms with van der Waals surface area (Å²) in [5, 5.41) is 9.60. The van der Waals surface area contributed by atoms with Crippen LogP contribution in [-0.2, 0) is 10.2 Å². The topological polar surface area (TPSA) is 81.8 Å². The zero-order valence-corrected chi connectivity index (χ0v) is 15.9. The molecule has 0 aromatic heterocycles. The maximum Gasteiger partial charge on any atom is 0.404 e. The number of primary amides is 1. The van der Waals surface area contributed by atoms with Gasteiger partial charge in [0.05, 0.1) is 0 Å². The van der Waals surface area contributed by atoms with E-state index in [1.807, 2.05) is 24.3 Å². The molecule has 27 heavy (non-hydrogen) atoms. The molecule has 5 heteroatoms. The van der Waals surface area contributed by atoms with Crippen molar-refractivity contribution in [2.75, 3.05) is 0 Å². The Balaban J connectivity index is 1.71. The van der Waals surface area contributed by atoms with E-state index in [1.165, 1.54) is 11.1 Å². The van der Waals surface area contributed by atoms with Crippen LogP contribution in [0.2, 0.25) is 0 Å². The monoisotopic (exact) mass is 369 g/mol. The lowest BCUT2D eigenvalue weighted by Crippen LogP contribution is -2.41. The maximum atomic E-state index is 10.7. The van der Waals surface area contributed by atoms with Crippen LogP contribution in [0.4, 0.5) is 4.79 Å². The maximum absolute atomic E-state index is 10.7. The number of carbonyl (C=O) groups excluding carboxylic acids is 1. The molecule has 0 atom stereocenters. The average Bonchev–Trinajstić information content (AvgIpc) is 2.63. The zero-order chi connectivity index (χ0) is 19.4. The first kappa shape index (κ1) is 19.1. The fourth-order valence-corrected chi connectivity index (χ4v) is 3.93. The summed E-state index contributed by atoms with van der Waals surface area (Å²) in [6, 6.07) is 15.7. The van der Waals surface area contributed by atoms with Crippen LogP contribution in [0.25, 0.3) is 0 Å². The van der Waals surface area contributed by atoms with E-state index in [-0.39, 0.29) is 23.4 Å². The highest BCUT2D eigenvalue weighted by Gasteiger charge is 2.34.